The van der Waals surface area contributed by atoms with Crippen LogP contribution in [-0.4, -0.2) is 56.1 Å². The topological polar surface area (TPSA) is 119 Å². The van der Waals surface area contributed by atoms with Crippen molar-refractivity contribution in [2.45, 2.75) is 98.3 Å². The first-order valence-corrected chi connectivity index (χ1v) is 15.5. The molecule has 0 spiro atoms. The van der Waals surface area contributed by atoms with Gasteiger partial charge in [0.15, 0.2) is 0 Å². The van der Waals surface area contributed by atoms with Gasteiger partial charge in [0.2, 0.25) is 0 Å². The van der Waals surface area contributed by atoms with Crippen LogP contribution in [-0.2, 0) is 6.54 Å². The van der Waals surface area contributed by atoms with Crippen LogP contribution in [0.1, 0.15) is 86.1 Å². The summed E-state index contributed by atoms with van der Waals surface area (Å²) >= 11 is 1.52. The van der Waals surface area contributed by atoms with Crippen LogP contribution in [0.25, 0.3) is 10.6 Å². The molecule has 3 aromatic rings. The maximum absolute atomic E-state index is 13.6. The van der Waals surface area contributed by atoms with Gasteiger partial charge >= 0.3 is 6.09 Å². The molecule has 0 aliphatic heterocycles. The minimum Gasteiger partial charge on any atom is -0.465 e. The smallest absolute Gasteiger partial charge is 0.407 e. The largest absolute Gasteiger partial charge is 0.465 e. The summed E-state index contributed by atoms with van der Waals surface area (Å²) in [6, 6.07) is 6.11. The van der Waals surface area contributed by atoms with Crippen molar-refractivity contribution in [3.8, 4) is 10.6 Å². The molecule has 0 atom stereocenters. The predicted molar refractivity (Wildman–Crippen MR) is 169 cm³/mol. The quantitative estimate of drug-likeness (QED) is 0.283. The number of hydrogen-bond acceptors (Lipinski definition) is 6. The highest BCUT2D eigenvalue weighted by Crippen LogP contribution is 2.37. The third-order valence-electron chi connectivity index (χ3n) is 8.27. The standard InChI is InChI=1S/C32H43N5O4S/c1-8-36(23-9-11-24(12-10-23)37(31(40)41)32(5,6)7)27-17-22(30-33-13-14-42-30)16-25(21(27)4)28(38)34-18-26-19(2)15-20(3)35-29(26)39/h13-17,23-24H,8-12,18H2,1-7H3,(H,34,38)(H,35,39)(H,40,41)/t23-,24-. The first-order valence-electron chi connectivity index (χ1n) is 14.6. The lowest BCUT2D eigenvalue weighted by Gasteiger charge is -2.45. The summed E-state index contributed by atoms with van der Waals surface area (Å²) in [7, 11) is 0. The number of aromatic nitrogens is 2. The number of nitrogens with one attached hydrogen (secondary N) is 2. The number of nitrogens with zero attached hydrogens (tertiary/aromatic N) is 3. The molecule has 1 saturated carbocycles. The third kappa shape index (κ3) is 6.69. The fourth-order valence-corrected chi connectivity index (χ4v) is 6.96. The first kappa shape index (κ1) is 31.3. The highest BCUT2D eigenvalue weighted by Gasteiger charge is 2.37. The summed E-state index contributed by atoms with van der Waals surface area (Å²) in [5, 5.41) is 15.6. The zero-order valence-corrected chi connectivity index (χ0v) is 26.5. The van der Waals surface area contributed by atoms with Crippen LogP contribution in [0.3, 0.4) is 0 Å². The second-order valence-corrected chi connectivity index (χ2v) is 13.1. The second-order valence-electron chi connectivity index (χ2n) is 12.2. The van der Waals surface area contributed by atoms with E-state index in [4.69, 9.17) is 0 Å². The van der Waals surface area contributed by atoms with Crippen LogP contribution in [0, 0.1) is 20.8 Å². The van der Waals surface area contributed by atoms with Gasteiger partial charge in [-0.05, 0) is 103 Å². The number of H-pyrrole nitrogens is 1. The molecule has 1 fully saturated rings. The summed E-state index contributed by atoms with van der Waals surface area (Å²) in [6.45, 7) is 14.5. The van der Waals surface area contributed by atoms with Gasteiger partial charge in [0, 0.05) is 70.4 Å². The summed E-state index contributed by atoms with van der Waals surface area (Å²) in [4.78, 5) is 49.6. The van der Waals surface area contributed by atoms with E-state index in [0.29, 0.717) is 11.1 Å². The van der Waals surface area contributed by atoms with E-state index in [1.165, 1.54) is 11.3 Å². The van der Waals surface area contributed by atoms with Crippen LogP contribution in [0.5, 0.6) is 0 Å². The van der Waals surface area contributed by atoms with Crippen molar-refractivity contribution in [1.29, 1.82) is 0 Å². The average molecular weight is 594 g/mol. The molecule has 1 aliphatic rings. The summed E-state index contributed by atoms with van der Waals surface area (Å²) < 4.78 is 0. The van der Waals surface area contributed by atoms with Gasteiger partial charge < -0.3 is 25.2 Å². The van der Waals surface area contributed by atoms with Gasteiger partial charge in [-0.3, -0.25) is 9.59 Å². The van der Waals surface area contributed by atoms with Crippen molar-refractivity contribution < 1.29 is 14.7 Å². The molecule has 3 N–H and O–H groups in total. The van der Waals surface area contributed by atoms with Gasteiger partial charge in [-0.2, -0.15) is 0 Å². The predicted octanol–water partition coefficient (Wildman–Crippen LogP) is 6.27. The van der Waals surface area contributed by atoms with E-state index in [0.717, 1.165) is 65.3 Å². The summed E-state index contributed by atoms with van der Waals surface area (Å²) in [5.74, 6) is -0.242. The Bertz CT molecular complexity index is 1480. The lowest BCUT2D eigenvalue weighted by atomic mass is 9.86. The number of carbonyl (C=O) groups excluding carboxylic acids is 1. The Kier molecular flexibility index (Phi) is 9.45. The Morgan fingerprint density at radius 1 is 1.10 bits per heavy atom. The normalized spacial score (nSPS) is 17.1. The second kappa shape index (κ2) is 12.7. The molecule has 1 aliphatic carbocycles. The number of carbonyl (C=O) groups is 2. The fraction of sp³-hybridized carbons (Fsp3) is 0.500. The van der Waals surface area contributed by atoms with E-state index in [1.54, 1.807) is 11.1 Å². The number of rotatable bonds is 8. The molecule has 10 heteroatoms. The summed E-state index contributed by atoms with van der Waals surface area (Å²) in [6.07, 6.45) is 4.17. The number of anilines is 1. The molecule has 0 bridgehead atoms. The fourth-order valence-electron chi connectivity index (χ4n) is 6.33. The molecule has 0 radical (unpaired) electrons. The zero-order valence-electron chi connectivity index (χ0n) is 25.7. The zero-order chi connectivity index (χ0) is 30.8. The van der Waals surface area contributed by atoms with Gasteiger partial charge in [0.25, 0.3) is 11.5 Å². The monoisotopic (exact) mass is 593 g/mol. The van der Waals surface area contributed by atoms with Gasteiger partial charge in [0.05, 0.1) is 0 Å². The molecule has 1 aromatic carbocycles. The van der Waals surface area contributed by atoms with Crippen molar-refractivity contribution in [2.75, 3.05) is 11.4 Å². The minimum absolute atomic E-state index is 0.0186. The number of carboxylic acid groups (broad SMARTS) is 1. The molecule has 0 unspecified atom stereocenters. The Morgan fingerprint density at radius 3 is 2.31 bits per heavy atom. The van der Waals surface area contributed by atoms with Gasteiger partial charge in [0.1, 0.15) is 5.01 Å². The molecule has 42 heavy (non-hydrogen) atoms. The van der Waals surface area contributed by atoms with Gasteiger partial charge in [-0.25, -0.2) is 9.78 Å². The van der Waals surface area contributed by atoms with Crippen LogP contribution in [0.2, 0.25) is 0 Å². The molecular formula is C32H43N5O4S. The van der Waals surface area contributed by atoms with E-state index in [9.17, 15) is 19.5 Å². The Labute approximate surface area is 252 Å². The van der Waals surface area contributed by atoms with E-state index < -0.39 is 11.6 Å². The molecule has 2 heterocycles. The van der Waals surface area contributed by atoms with Crippen molar-refractivity contribution in [3.05, 3.63) is 68.1 Å². The molecule has 0 saturated heterocycles. The Balaban J connectivity index is 1.63. The van der Waals surface area contributed by atoms with Crippen LogP contribution < -0.4 is 15.8 Å². The first-order chi connectivity index (χ1) is 19.8. The molecule has 2 amide bonds. The number of pyridine rings is 1. The third-order valence-corrected chi connectivity index (χ3v) is 9.10. The van der Waals surface area contributed by atoms with Gasteiger partial charge in [-0.15, -0.1) is 11.3 Å². The lowest BCUT2D eigenvalue weighted by molar-refractivity contribution is 0.0545. The maximum Gasteiger partial charge on any atom is 0.407 e. The maximum atomic E-state index is 13.6. The Morgan fingerprint density at radius 2 is 1.76 bits per heavy atom. The number of amides is 2. The Hall–Kier alpha value is -3.66. The molecule has 226 valence electrons. The van der Waals surface area contributed by atoms with E-state index in [1.807, 2.05) is 59.1 Å². The number of hydrogen-bond donors (Lipinski definition) is 3. The molecular weight excluding hydrogens is 550 g/mol. The van der Waals surface area contributed by atoms with Crippen molar-refractivity contribution in [2.24, 2.45) is 0 Å². The number of benzene rings is 1. The molecule has 9 nitrogen and oxygen atoms in total. The molecule has 2 aromatic heterocycles. The van der Waals surface area contributed by atoms with E-state index in [-0.39, 0.29) is 30.1 Å². The minimum atomic E-state index is -0.872. The highest BCUT2D eigenvalue weighted by molar-refractivity contribution is 7.13. The van der Waals surface area contributed by atoms with Crippen molar-refractivity contribution in [3.63, 3.8) is 0 Å². The molecule has 4 rings (SSSR count). The number of aromatic amines is 1. The SMILES string of the molecule is CCN(c1cc(-c2nccs2)cc(C(=O)NCc2c(C)cc(C)[nH]c2=O)c1C)[C@H]1CC[C@H](N(C(=O)O)C(C)(C)C)CC1. The van der Waals surface area contributed by atoms with Crippen LogP contribution >= 0.6 is 11.3 Å². The number of aryl methyl sites for hydroxylation is 2. The van der Waals surface area contributed by atoms with E-state index >= 15 is 0 Å². The van der Waals surface area contributed by atoms with Crippen molar-refractivity contribution >= 4 is 29.0 Å². The highest BCUT2D eigenvalue weighted by atomic mass is 32.1. The number of thiazole rings is 1. The van der Waals surface area contributed by atoms with Crippen LogP contribution in [0.15, 0.2) is 34.6 Å². The average Bonchev–Trinajstić information content (AvgIpc) is 3.44. The van der Waals surface area contributed by atoms with Crippen LogP contribution in [0.4, 0.5) is 10.5 Å². The van der Waals surface area contributed by atoms with Crippen molar-refractivity contribution in [1.82, 2.24) is 20.2 Å². The van der Waals surface area contributed by atoms with Gasteiger partial charge in [-0.1, -0.05) is 0 Å². The lowest BCUT2D eigenvalue weighted by Crippen LogP contribution is -2.53. The van der Waals surface area contributed by atoms with E-state index in [2.05, 4.69) is 33.2 Å². The summed E-state index contributed by atoms with van der Waals surface area (Å²) in [5.41, 5.74) is 4.78.